The predicted molar refractivity (Wildman–Crippen MR) is 156 cm³/mol. The van der Waals surface area contributed by atoms with Crippen molar-refractivity contribution in [1.82, 2.24) is 14.9 Å². The maximum atomic E-state index is 14.7. The van der Waals surface area contributed by atoms with Gasteiger partial charge < -0.3 is 20.1 Å². The number of nitrogens with zero attached hydrogens (tertiary/aromatic N) is 3. The van der Waals surface area contributed by atoms with Gasteiger partial charge in [0.1, 0.15) is 11.8 Å². The molecule has 3 aromatic rings. The topological polar surface area (TPSA) is 71.5 Å². The summed E-state index contributed by atoms with van der Waals surface area (Å²) in [5, 5.41) is 6.59. The van der Waals surface area contributed by atoms with Gasteiger partial charge in [-0.05, 0) is 57.2 Å². The lowest BCUT2D eigenvalue weighted by atomic mass is 9.92. The molecule has 2 aromatic carbocycles. The van der Waals surface area contributed by atoms with Crippen molar-refractivity contribution in [2.24, 2.45) is 0 Å². The standard InChI is InChI=1S/C31H37ClFN5O2/c1-31(2)12-10-22-14-21(11-13-38(22)31)35-29-27(33)18-34-30(37-29)36-28-9-8-23(17-26(28)32)40-25-15-24(16-25)39-19-20-6-4-3-5-7-20/h3-9,17-18,21-22,24-25H,10-16,19H2,1-2H3,(H2,34,35,36,37)/t21-,22-,24?,25?/m0/s1/i15D2,25D. The second kappa shape index (κ2) is 11.5. The van der Waals surface area contributed by atoms with Crippen molar-refractivity contribution in [3.05, 3.63) is 71.1 Å². The number of hydrogen-bond donors (Lipinski definition) is 2. The minimum atomic E-state index is -2.03. The van der Waals surface area contributed by atoms with Gasteiger partial charge in [-0.3, -0.25) is 4.90 Å². The lowest BCUT2D eigenvalue weighted by molar-refractivity contribution is -0.0683. The van der Waals surface area contributed by atoms with Crippen LogP contribution in [0.3, 0.4) is 0 Å². The number of nitrogens with one attached hydrogen (secondary N) is 2. The molecule has 2 saturated heterocycles. The third-order valence-corrected chi connectivity index (χ3v) is 8.40. The fraction of sp³-hybridized carbons (Fsp3) is 0.484. The van der Waals surface area contributed by atoms with Crippen LogP contribution in [0.25, 0.3) is 0 Å². The number of aromatic nitrogens is 2. The normalized spacial score (nSPS) is 29.8. The van der Waals surface area contributed by atoms with Gasteiger partial charge in [-0.2, -0.15) is 4.98 Å². The average molecular weight is 569 g/mol. The van der Waals surface area contributed by atoms with E-state index in [9.17, 15) is 4.39 Å². The van der Waals surface area contributed by atoms with Gasteiger partial charge in [0, 0.05) is 45.8 Å². The summed E-state index contributed by atoms with van der Waals surface area (Å²) in [5.74, 6) is 0.0668. The van der Waals surface area contributed by atoms with E-state index < -0.39 is 24.4 Å². The Morgan fingerprint density at radius 3 is 2.85 bits per heavy atom. The minimum Gasteiger partial charge on any atom is -0.490 e. The first-order valence-corrected chi connectivity index (χ1v) is 14.3. The fourth-order valence-corrected chi connectivity index (χ4v) is 6.05. The summed E-state index contributed by atoms with van der Waals surface area (Å²) in [6.07, 6.45) is 0.766. The first-order valence-electron chi connectivity index (χ1n) is 15.4. The first kappa shape index (κ1) is 23.7. The molecule has 1 saturated carbocycles. The van der Waals surface area contributed by atoms with Crippen LogP contribution in [0.4, 0.5) is 21.8 Å². The van der Waals surface area contributed by atoms with Gasteiger partial charge in [0.2, 0.25) is 5.95 Å². The van der Waals surface area contributed by atoms with Crippen molar-refractivity contribution in [2.45, 2.75) is 88.7 Å². The van der Waals surface area contributed by atoms with Crippen molar-refractivity contribution in [2.75, 3.05) is 17.2 Å². The molecule has 0 amide bonds. The number of hydrogen-bond acceptors (Lipinski definition) is 7. The summed E-state index contributed by atoms with van der Waals surface area (Å²) in [7, 11) is 0. The molecule has 1 aromatic heterocycles. The van der Waals surface area contributed by atoms with E-state index in [-0.39, 0.29) is 47.1 Å². The zero-order chi connectivity index (χ0) is 30.4. The molecule has 212 valence electrons. The van der Waals surface area contributed by atoms with Crippen LogP contribution in [0.15, 0.2) is 54.7 Å². The van der Waals surface area contributed by atoms with Gasteiger partial charge in [-0.15, -0.1) is 0 Å². The lowest BCUT2D eigenvalue weighted by Crippen LogP contribution is -2.50. The molecule has 0 spiro atoms. The molecule has 7 nitrogen and oxygen atoms in total. The SMILES string of the molecule is [2H]C1(Oc2ccc(Nc3ncc(F)c(N[C@H]4CCN5[C@@H](CCC5(C)C)C4)n3)c(Cl)c2)CC(OCc2ccccc2)C1([2H])[2H]. The van der Waals surface area contributed by atoms with Crippen molar-refractivity contribution >= 4 is 29.1 Å². The molecular weight excluding hydrogens is 529 g/mol. The van der Waals surface area contributed by atoms with Crippen LogP contribution in [0, 0.1) is 5.82 Å². The summed E-state index contributed by atoms with van der Waals surface area (Å²) in [5.41, 5.74) is 1.62. The monoisotopic (exact) mass is 568 g/mol. The van der Waals surface area contributed by atoms with Gasteiger partial charge in [0.25, 0.3) is 0 Å². The second-order valence-electron chi connectivity index (χ2n) is 11.4. The van der Waals surface area contributed by atoms with Crippen LogP contribution in [0.2, 0.25) is 5.02 Å². The Hall–Kier alpha value is -2.94. The smallest absolute Gasteiger partial charge is 0.229 e. The Labute approximate surface area is 244 Å². The highest BCUT2D eigenvalue weighted by Crippen LogP contribution is 2.39. The molecule has 2 aliphatic heterocycles. The maximum absolute atomic E-state index is 14.7. The first-order chi connectivity index (χ1) is 20.4. The number of anilines is 3. The predicted octanol–water partition coefficient (Wildman–Crippen LogP) is 6.96. The van der Waals surface area contributed by atoms with Crippen LogP contribution in [0.5, 0.6) is 5.75 Å². The Balaban J connectivity index is 1.06. The van der Waals surface area contributed by atoms with E-state index in [1.165, 1.54) is 12.5 Å². The summed E-state index contributed by atoms with van der Waals surface area (Å²) >= 11 is 6.52. The number of halogens is 2. The number of ether oxygens (including phenoxy) is 2. The quantitative estimate of drug-likeness (QED) is 0.289. The highest BCUT2D eigenvalue weighted by molar-refractivity contribution is 6.33. The number of fused-ring (bicyclic) bond motifs is 1. The Kier molecular flexibility index (Phi) is 6.83. The van der Waals surface area contributed by atoms with Gasteiger partial charge in [0.05, 0.1) is 31.0 Å². The highest BCUT2D eigenvalue weighted by Gasteiger charge is 2.42. The van der Waals surface area contributed by atoms with E-state index in [1.807, 2.05) is 30.3 Å². The van der Waals surface area contributed by atoms with E-state index in [0.717, 1.165) is 37.6 Å². The maximum Gasteiger partial charge on any atom is 0.229 e. The van der Waals surface area contributed by atoms with Crippen LogP contribution in [-0.2, 0) is 11.3 Å². The average Bonchev–Trinajstić information content (AvgIpc) is 3.28. The molecular formula is C31H37ClFN5O2. The van der Waals surface area contributed by atoms with Crippen molar-refractivity contribution in [3.8, 4) is 5.75 Å². The largest absolute Gasteiger partial charge is 0.490 e. The summed E-state index contributed by atoms with van der Waals surface area (Å²) in [6.45, 7) is 5.82. The number of benzene rings is 2. The number of rotatable bonds is 9. The van der Waals surface area contributed by atoms with E-state index in [1.54, 1.807) is 12.1 Å². The molecule has 0 radical (unpaired) electrons. The van der Waals surface area contributed by atoms with Crippen LogP contribution in [0.1, 0.15) is 62.0 Å². The summed E-state index contributed by atoms with van der Waals surface area (Å²) in [6, 6.07) is 14.9. The van der Waals surface area contributed by atoms with Crippen molar-refractivity contribution in [1.29, 1.82) is 0 Å². The van der Waals surface area contributed by atoms with Crippen molar-refractivity contribution in [3.63, 3.8) is 0 Å². The fourth-order valence-electron chi connectivity index (χ4n) is 5.83. The Morgan fingerprint density at radius 2 is 2.05 bits per heavy atom. The summed E-state index contributed by atoms with van der Waals surface area (Å²) in [4.78, 5) is 11.0. The minimum absolute atomic E-state index is 0.0706. The van der Waals surface area contributed by atoms with Crippen LogP contribution in [-0.4, -0.2) is 51.2 Å². The van der Waals surface area contributed by atoms with Gasteiger partial charge in [-0.1, -0.05) is 41.9 Å². The van der Waals surface area contributed by atoms with Gasteiger partial charge in [-0.25, -0.2) is 9.37 Å². The van der Waals surface area contributed by atoms with E-state index >= 15 is 0 Å². The Morgan fingerprint density at radius 1 is 1.20 bits per heavy atom. The molecule has 1 aliphatic carbocycles. The molecule has 6 rings (SSSR count). The zero-order valence-electron chi connectivity index (χ0n) is 25.8. The third kappa shape index (κ3) is 6.19. The molecule has 40 heavy (non-hydrogen) atoms. The van der Waals surface area contributed by atoms with E-state index in [0.29, 0.717) is 11.7 Å². The molecule has 3 heterocycles. The lowest BCUT2D eigenvalue weighted by Gasteiger charge is -2.42. The molecule has 2 N–H and O–H groups in total. The second-order valence-corrected chi connectivity index (χ2v) is 11.8. The third-order valence-electron chi connectivity index (χ3n) is 8.08. The summed E-state index contributed by atoms with van der Waals surface area (Å²) < 4.78 is 51.7. The highest BCUT2D eigenvalue weighted by atomic mass is 35.5. The van der Waals surface area contributed by atoms with E-state index in [4.69, 9.17) is 25.2 Å². The van der Waals surface area contributed by atoms with E-state index in [2.05, 4.69) is 39.3 Å². The molecule has 0 bridgehead atoms. The van der Waals surface area contributed by atoms with Gasteiger partial charge in [0.15, 0.2) is 11.6 Å². The molecule has 3 aliphatic rings. The Bertz CT molecular complexity index is 1470. The van der Waals surface area contributed by atoms with Crippen molar-refractivity contribution < 1.29 is 18.0 Å². The van der Waals surface area contributed by atoms with Crippen LogP contribution < -0.4 is 15.4 Å². The molecule has 9 heteroatoms. The zero-order valence-corrected chi connectivity index (χ0v) is 23.5. The molecule has 4 atom stereocenters. The van der Waals surface area contributed by atoms with Gasteiger partial charge >= 0.3 is 0 Å². The van der Waals surface area contributed by atoms with Crippen LogP contribution >= 0.6 is 11.6 Å². The molecule has 2 unspecified atom stereocenters. The molecule has 3 fully saturated rings. The number of piperidine rings is 1.